The number of aryl methyl sites for hydroxylation is 1. The van der Waals surface area contributed by atoms with Crippen LogP contribution in [-0.4, -0.2) is 26.2 Å². The molecule has 0 spiro atoms. The third-order valence-corrected chi connectivity index (χ3v) is 4.04. The lowest BCUT2D eigenvalue weighted by Gasteiger charge is -2.09. The molecule has 0 saturated heterocycles. The highest BCUT2D eigenvalue weighted by Gasteiger charge is 2.30. The van der Waals surface area contributed by atoms with Gasteiger partial charge in [-0.1, -0.05) is 29.3 Å². The van der Waals surface area contributed by atoms with Gasteiger partial charge in [-0.15, -0.1) is 10.2 Å². The molecule has 1 aromatic carbocycles. The van der Waals surface area contributed by atoms with Gasteiger partial charge < -0.3 is 0 Å². The lowest BCUT2D eigenvalue weighted by molar-refractivity contribution is -0.137. The van der Waals surface area contributed by atoms with Gasteiger partial charge in [0.15, 0.2) is 11.0 Å². The van der Waals surface area contributed by atoms with Crippen LogP contribution in [0.15, 0.2) is 41.5 Å². The van der Waals surface area contributed by atoms with Gasteiger partial charge in [-0.05, 0) is 37.3 Å². The highest BCUT2D eigenvalue weighted by Crippen LogP contribution is 2.31. The van der Waals surface area contributed by atoms with E-state index in [2.05, 4.69) is 25.8 Å². The lowest BCUT2D eigenvalue weighted by atomic mass is 10.2. The summed E-state index contributed by atoms with van der Waals surface area (Å²) >= 11 is 11.9. The van der Waals surface area contributed by atoms with Crippen LogP contribution in [0.4, 0.5) is 19.0 Å². The lowest BCUT2D eigenvalue weighted by Crippen LogP contribution is -2.06. The van der Waals surface area contributed by atoms with Gasteiger partial charge in [0, 0.05) is 0 Å². The molecule has 3 aromatic rings. The van der Waals surface area contributed by atoms with Crippen molar-refractivity contribution in [3.8, 4) is 5.69 Å². The molecule has 27 heavy (non-hydrogen) atoms. The Kier molecular flexibility index (Phi) is 5.33. The summed E-state index contributed by atoms with van der Waals surface area (Å²) in [5.74, 6) is 0.356. The van der Waals surface area contributed by atoms with E-state index in [1.54, 1.807) is 13.0 Å². The number of rotatable bonds is 4. The zero-order valence-electron chi connectivity index (χ0n) is 13.7. The molecule has 0 unspecified atom stereocenters. The fourth-order valence-corrected chi connectivity index (χ4v) is 2.60. The Hall–Kier alpha value is -2.65. The summed E-state index contributed by atoms with van der Waals surface area (Å²) in [6.07, 6.45) is -3.07. The first kappa shape index (κ1) is 19.1. The maximum absolute atomic E-state index is 12.9. The van der Waals surface area contributed by atoms with Crippen molar-refractivity contribution in [2.45, 2.75) is 13.1 Å². The number of anilines is 1. The number of nitrogens with zero attached hydrogens (tertiary/aromatic N) is 5. The third-order valence-electron chi connectivity index (χ3n) is 3.47. The van der Waals surface area contributed by atoms with Gasteiger partial charge in [0.05, 0.1) is 28.7 Å². The van der Waals surface area contributed by atoms with Gasteiger partial charge in [-0.25, -0.2) is 4.68 Å². The van der Waals surface area contributed by atoms with Crippen LogP contribution >= 0.6 is 23.2 Å². The first-order valence-electron chi connectivity index (χ1n) is 7.47. The van der Waals surface area contributed by atoms with Crippen molar-refractivity contribution in [2.75, 3.05) is 5.43 Å². The summed E-state index contributed by atoms with van der Waals surface area (Å²) < 4.78 is 39.9. The van der Waals surface area contributed by atoms with E-state index in [1.165, 1.54) is 29.1 Å². The Morgan fingerprint density at radius 2 is 1.93 bits per heavy atom. The monoisotopic (exact) mass is 414 g/mol. The van der Waals surface area contributed by atoms with Crippen molar-refractivity contribution in [1.82, 2.24) is 20.0 Å². The molecule has 0 fully saturated rings. The summed E-state index contributed by atoms with van der Waals surface area (Å²) in [6, 6.07) is 7.84. The molecule has 0 aliphatic heterocycles. The van der Waals surface area contributed by atoms with Gasteiger partial charge in [0.1, 0.15) is 5.15 Å². The number of hydrogen-bond acceptors (Lipinski definition) is 5. The zero-order chi connectivity index (χ0) is 19.6. The highest BCUT2D eigenvalue weighted by molar-refractivity contribution is 6.32. The smallest absolute Gasteiger partial charge is 0.260 e. The molecule has 2 heterocycles. The predicted molar refractivity (Wildman–Crippen MR) is 96.6 cm³/mol. The molecule has 0 aliphatic rings. The van der Waals surface area contributed by atoms with Gasteiger partial charge in [-0.3, -0.25) is 5.43 Å². The normalized spacial score (nSPS) is 11.9. The van der Waals surface area contributed by atoms with Crippen molar-refractivity contribution in [3.63, 3.8) is 0 Å². The van der Waals surface area contributed by atoms with Gasteiger partial charge in [-0.2, -0.15) is 23.4 Å². The third kappa shape index (κ3) is 4.37. The molecule has 0 atom stereocenters. The number of hydrazone groups is 1. The first-order chi connectivity index (χ1) is 12.8. The number of benzene rings is 1. The van der Waals surface area contributed by atoms with Crippen molar-refractivity contribution in [3.05, 3.63) is 63.5 Å². The molecule has 0 aliphatic carbocycles. The SMILES string of the molecule is Cc1nn(-c2cccc(C(F)(F)F)c2)c(Cl)c1/C=N\Nc1ccc(Cl)nn1. The van der Waals surface area contributed by atoms with Crippen LogP contribution < -0.4 is 5.43 Å². The summed E-state index contributed by atoms with van der Waals surface area (Å²) in [5.41, 5.74) is 2.98. The Morgan fingerprint density at radius 3 is 2.59 bits per heavy atom. The molecule has 6 nitrogen and oxygen atoms in total. The molecule has 1 N–H and O–H groups in total. The number of alkyl halides is 3. The highest BCUT2D eigenvalue weighted by atomic mass is 35.5. The van der Waals surface area contributed by atoms with E-state index in [4.69, 9.17) is 23.2 Å². The Balaban J connectivity index is 1.87. The van der Waals surface area contributed by atoms with Gasteiger partial charge in [0.2, 0.25) is 0 Å². The maximum atomic E-state index is 12.9. The fraction of sp³-hybridized carbons (Fsp3) is 0.125. The molecule has 0 radical (unpaired) electrons. The molecule has 2 aromatic heterocycles. The minimum Gasteiger partial charge on any atom is -0.260 e. The molecule has 0 saturated carbocycles. The molecule has 3 rings (SSSR count). The molecule has 11 heteroatoms. The second-order valence-electron chi connectivity index (χ2n) is 5.36. The second kappa shape index (κ2) is 7.53. The largest absolute Gasteiger partial charge is 0.416 e. The van der Waals surface area contributed by atoms with Crippen molar-refractivity contribution in [1.29, 1.82) is 0 Å². The molecular formula is C16H11Cl2F3N6. The minimum absolute atomic E-state index is 0.125. The maximum Gasteiger partial charge on any atom is 0.416 e. The van der Waals surface area contributed by atoms with Crippen LogP contribution in [0.1, 0.15) is 16.8 Å². The van der Waals surface area contributed by atoms with Crippen molar-refractivity contribution in [2.24, 2.45) is 5.10 Å². The predicted octanol–water partition coefficient (Wildman–Crippen LogP) is 4.74. The van der Waals surface area contributed by atoms with E-state index in [-0.39, 0.29) is 16.0 Å². The zero-order valence-corrected chi connectivity index (χ0v) is 15.2. The summed E-state index contributed by atoms with van der Waals surface area (Å²) in [4.78, 5) is 0. The summed E-state index contributed by atoms with van der Waals surface area (Å²) in [6.45, 7) is 1.67. The number of halogens is 5. The Morgan fingerprint density at radius 1 is 1.15 bits per heavy atom. The van der Waals surface area contributed by atoms with Crippen LogP contribution in [0.5, 0.6) is 0 Å². The van der Waals surface area contributed by atoms with E-state index >= 15 is 0 Å². The van der Waals surface area contributed by atoms with Gasteiger partial charge in [0.25, 0.3) is 0 Å². The summed E-state index contributed by atoms with van der Waals surface area (Å²) in [5, 5.41) is 16.0. The Labute approximate surface area is 161 Å². The molecule has 0 bridgehead atoms. The minimum atomic E-state index is -4.46. The number of hydrogen-bond donors (Lipinski definition) is 1. The number of aromatic nitrogens is 4. The molecule has 0 amide bonds. The topological polar surface area (TPSA) is 68.0 Å². The van der Waals surface area contributed by atoms with Crippen LogP contribution in [0.2, 0.25) is 10.3 Å². The van der Waals surface area contributed by atoms with E-state index in [0.717, 1.165) is 12.1 Å². The average molecular weight is 415 g/mol. The van der Waals surface area contributed by atoms with Crippen LogP contribution in [0, 0.1) is 6.92 Å². The van der Waals surface area contributed by atoms with E-state index in [1.807, 2.05) is 0 Å². The van der Waals surface area contributed by atoms with E-state index in [9.17, 15) is 13.2 Å². The Bertz CT molecular complexity index is 983. The number of nitrogens with one attached hydrogen (secondary N) is 1. The van der Waals surface area contributed by atoms with Crippen molar-refractivity contribution >= 4 is 35.2 Å². The van der Waals surface area contributed by atoms with Crippen molar-refractivity contribution < 1.29 is 13.2 Å². The fourth-order valence-electron chi connectivity index (χ4n) is 2.18. The average Bonchev–Trinajstić information content (AvgIpc) is 2.91. The molecular weight excluding hydrogens is 404 g/mol. The molecule has 140 valence electrons. The van der Waals surface area contributed by atoms with Crippen LogP contribution in [0.25, 0.3) is 5.69 Å². The van der Waals surface area contributed by atoms with E-state index < -0.39 is 11.7 Å². The second-order valence-corrected chi connectivity index (χ2v) is 6.11. The van der Waals surface area contributed by atoms with Crippen LogP contribution in [-0.2, 0) is 6.18 Å². The van der Waals surface area contributed by atoms with E-state index in [0.29, 0.717) is 17.1 Å². The standard InChI is InChI=1S/C16H11Cl2F3N6/c1-9-12(8-22-24-14-6-5-13(17)23-25-14)15(18)27(26-9)11-4-2-3-10(7-11)16(19,20)21/h2-8H,1H3,(H,24,25)/b22-8-. The quantitative estimate of drug-likeness (QED) is 0.494. The van der Waals surface area contributed by atoms with Gasteiger partial charge >= 0.3 is 6.18 Å². The summed E-state index contributed by atoms with van der Waals surface area (Å²) in [7, 11) is 0. The van der Waals surface area contributed by atoms with Crippen LogP contribution in [0.3, 0.4) is 0 Å². The first-order valence-corrected chi connectivity index (χ1v) is 8.22.